The van der Waals surface area contributed by atoms with Crippen molar-refractivity contribution in [3.8, 4) is 0 Å². The maximum Gasteiger partial charge on any atom is 0.107 e. The van der Waals surface area contributed by atoms with Crippen LogP contribution in [0.25, 0.3) is 0 Å². The highest BCUT2D eigenvalue weighted by atomic mass is 32.1. The molecular formula is C18H29NOS. The van der Waals surface area contributed by atoms with Crippen molar-refractivity contribution < 1.29 is 4.74 Å². The van der Waals surface area contributed by atoms with Crippen LogP contribution in [0, 0.1) is 23.7 Å². The number of thiophene rings is 1. The minimum Gasteiger partial charge on any atom is -0.367 e. The Morgan fingerprint density at radius 1 is 1.33 bits per heavy atom. The van der Waals surface area contributed by atoms with Gasteiger partial charge in [-0.3, -0.25) is 0 Å². The largest absolute Gasteiger partial charge is 0.367 e. The zero-order valence-electron chi connectivity index (χ0n) is 14.0. The van der Waals surface area contributed by atoms with Crippen molar-refractivity contribution in [1.82, 2.24) is 0 Å². The third kappa shape index (κ3) is 2.29. The van der Waals surface area contributed by atoms with Crippen molar-refractivity contribution in [2.24, 2.45) is 22.5 Å². The van der Waals surface area contributed by atoms with Gasteiger partial charge >= 0.3 is 0 Å². The first-order chi connectivity index (χ1) is 9.75. The van der Waals surface area contributed by atoms with Crippen LogP contribution in [0.3, 0.4) is 0 Å². The molecule has 2 aliphatic rings. The highest BCUT2D eigenvalue weighted by Gasteiger charge is 2.62. The van der Waals surface area contributed by atoms with Gasteiger partial charge in [-0.2, -0.15) is 0 Å². The predicted octanol–water partition coefficient (Wildman–Crippen LogP) is 4.68. The van der Waals surface area contributed by atoms with Gasteiger partial charge in [-0.25, -0.2) is 0 Å². The van der Waals surface area contributed by atoms with Crippen LogP contribution in [0.15, 0.2) is 12.1 Å². The molecule has 3 heteroatoms. The standard InChI is InChI=1S/C18H29NOS/c1-11-6-7-14(21-11)16(12(2)19)20-15-10-13-8-9-18(15,5)17(13,3)4/h6-7,12-13,15-16H,8-10,19H2,1-5H3. The molecule has 2 bridgehead atoms. The van der Waals surface area contributed by atoms with Crippen LogP contribution in [0.5, 0.6) is 0 Å². The molecule has 1 heterocycles. The Balaban J connectivity index is 1.82. The van der Waals surface area contributed by atoms with E-state index in [-0.39, 0.29) is 12.1 Å². The first-order valence-electron chi connectivity index (χ1n) is 8.23. The highest BCUT2D eigenvalue weighted by molar-refractivity contribution is 7.12. The van der Waals surface area contributed by atoms with Gasteiger partial charge in [0, 0.05) is 15.8 Å². The van der Waals surface area contributed by atoms with E-state index in [1.54, 1.807) is 0 Å². The third-order valence-corrected chi connectivity index (χ3v) is 7.61. The van der Waals surface area contributed by atoms with Gasteiger partial charge in [0.15, 0.2) is 0 Å². The van der Waals surface area contributed by atoms with Gasteiger partial charge in [0.05, 0.1) is 6.10 Å². The van der Waals surface area contributed by atoms with E-state index in [2.05, 4.69) is 46.8 Å². The van der Waals surface area contributed by atoms with Gasteiger partial charge < -0.3 is 10.5 Å². The highest BCUT2D eigenvalue weighted by Crippen LogP contribution is 2.66. The molecule has 0 radical (unpaired) electrons. The molecule has 0 aliphatic heterocycles. The monoisotopic (exact) mass is 307 g/mol. The van der Waals surface area contributed by atoms with Crippen LogP contribution >= 0.6 is 11.3 Å². The molecule has 1 aromatic heterocycles. The molecule has 1 aromatic rings. The first kappa shape index (κ1) is 15.5. The summed E-state index contributed by atoms with van der Waals surface area (Å²) in [6.45, 7) is 11.5. The van der Waals surface area contributed by atoms with Crippen molar-refractivity contribution in [3.63, 3.8) is 0 Å². The number of fused-ring (bicyclic) bond motifs is 2. The predicted molar refractivity (Wildman–Crippen MR) is 89.5 cm³/mol. The zero-order valence-corrected chi connectivity index (χ0v) is 14.8. The zero-order chi connectivity index (χ0) is 15.4. The Kier molecular flexibility index (Phi) is 3.75. The summed E-state index contributed by atoms with van der Waals surface area (Å²) in [5, 5.41) is 0. The quantitative estimate of drug-likeness (QED) is 0.877. The van der Waals surface area contributed by atoms with Crippen molar-refractivity contribution in [2.75, 3.05) is 0 Å². The number of nitrogens with two attached hydrogens (primary N) is 1. The Morgan fingerprint density at radius 2 is 2.05 bits per heavy atom. The SMILES string of the molecule is Cc1ccc(C(OC2CC3CCC2(C)C3(C)C)C(C)N)s1. The summed E-state index contributed by atoms with van der Waals surface area (Å²) in [5.74, 6) is 0.811. The summed E-state index contributed by atoms with van der Waals surface area (Å²) >= 11 is 1.82. The Labute approximate surface area is 133 Å². The smallest absolute Gasteiger partial charge is 0.107 e. The minimum atomic E-state index is 0.0360. The molecule has 5 atom stereocenters. The lowest BCUT2D eigenvalue weighted by molar-refractivity contribution is -0.0931. The van der Waals surface area contributed by atoms with Crippen LogP contribution in [-0.2, 0) is 4.74 Å². The van der Waals surface area contributed by atoms with Gasteiger partial charge in [-0.1, -0.05) is 20.8 Å². The second-order valence-corrected chi connectivity index (χ2v) is 9.28. The van der Waals surface area contributed by atoms with Crippen molar-refractivity contribution >= 4 is 11.3 Å². The molecule has 0 spiro atoms. The van der Waals surface area contributed by atoms with Gasteiger partial charge in [-0.15, -0.1) is 11.3 Å². The number of aryl methyl sites for hydroxylation is 1. The molecule has 0 saturated heterocycles. The number of rotatable bonds is 4. The van der Waals surface area contributed by atoms with Crippen molar-refractivity contribution in [2.45, 2.75) is 72.1 Å². The number of hydrogen-bond donors (Lipinski definition) is 1. The Hall–Kier alpha value is -0.380. The Bertz CT molecular complexity index is 521. The van der Waals surface area contributed by atoms with Crippen LogP contribution in [0.4, 0.5) is 0 Å². The maximum atomic E-state index is 6.63. The molecule has 2 N–H and O–H groups in total. The normalized spacial score (nSPS) is 36.9. The Morgan fingerprint density at radius 3 is 2.48 bits per heavy atom. The van der Waals surface area contributed by atoms with E-state index in [4.69, 9.17) is 10.5 Å². The summed E-state index contributed by atoms with van der Waals surface area (Å²) < 4.78 is 6.63. The van der Waals surface area contributed by atoms with E-state index in [1.807, 2.05) is 11.3 Å². The first-order valence-corrected chi connectivity index (χ1v) is 9.05. The number of hydrogen-bond acceptors (Lipinski definition) is 3. The molecule has 2 nitrogen and oxygen atoms in total. The van der Waals surface area contributed by atoms with Crippen molar-refractivity contribution in [1.29, 1.82) is 0 Å². The molecule has 3 rings (SSSR count). The average Bonchev–Trinajstić information content (AvgIpc) is 2.96. The molecule has 118 valence electrons. The average molecular weight is 308 g/mol. The fourth-order valence-corrected chi connectivity index (χ4v) is 5.60. The third-order valence-electron chi connectivity index (χ3n) is 6.54. The van der Waals surface area contributed by atoms with Gasteiger partial charge in [0.1, 0.15) is 6.10 Å². The van der Waals surface area contributed by atoms with Gasteiger partial charge in [0.25, 0.3) is 0 Å². The fourth-order valence-electron chi connectivity index (χ4n) is 4.57. The van der Waals surface area contributed by atoms with E-state index < -0.39 is 0 Å². The molecule has 2 fully saturated rings. The van der Waals surface area contributed by atoms with Gasteiger partial charge in [-0.05, 0) is 62.0 Å². The summed E-state index contributed by atoms with van der Waals surface area (Å²) in [5.41, 5.74) is 6.94. The summed E-state index contributed by atoms with van der Waals surface area (Å²) in [4.78, 5) is 2.62. The molecule has 0 aromatic carbocycles. The maximum absolute atomic E-state index is 6.63. The lowest BCUT2D eigenvalue weighted by Gasteiger charge is -2.40. The van der Waals surface area contributed by atoms with Crippen LogP contribution < -0.4 is 5.73 Å². The van der Waals surface area contributed by atoms with E-state index >= 15 is 0 Å². The van der Waals surface area contributed by atoms with Crippen LogP contribution in [0.2, 0.25) is 0 Å². The lowest BCUT2D eigenvalue weighted by atomic mass is 9.70. The molecule has 5 unspecified atom stereocenters. The van der Waals surface area contributed by atoms with Crippen LogP contribution in [0.1, 0.15) is 62.8 Å². The van der Waals surface area contributed by atoms with E-state index in [0.717, 1.165) is 5.92 Å². The van der Waals surface area contributed by atoms with E-state index in [0.29, 0.717) is 16.9 Å². The molecule has 2 aliphatic carbocycles. The van der Waals surface area contributed by atoms with E-state index in [9.17, 15) is 0 Å². The second kappa shape index (κ2) is 5.07. The number of ether oxygens (including phenoxy) is 1. The molecular weight excluding hydrogens is 278 g/mol. The lowest BCUT2D eigenvalue weighted by Crippen LogP contribution is -2.40. The van der Waals surface area contributed by atoms with E-state index in [1.165, 1.54) is 29.0 Å². The molecule has 21 heavy (non-hydrogen) atoms. The molecule has 0 amide bonds. The van der Waals surface area contributed by atoms with Crippen molar-refractivity contribution in [3.05, 3.63) is 21.9 Å². The minimum absolute atomic E-state index is 0.0360. The van der Waals surface area contributed by atoms with Crippen LogP contribution in [-0.4, -0.2) is 12.1 Å². The van der Waals surface area contributed by atoms with Gasteiger partial charge in [0.2, 0.25) is 0 Å². The second-order valence-electron chi connectivity index (χ2n) is 7.96. The fraction of sp³-hybridized carbons (Fsp3) is 0.778. The summed E-state index contributed by atoms with van der Waals surface area (Å²) in [6, 6.07) is 4.40. The summed E-state index contributed by atoms with van der Waals surface area (Å²) in [7, 11) is 0. The topological polar surface area (TPSA) is 35.2 Å². The summed E-state index contributed by atoms with van der Waals surface area (Å²) in [6.07, 6.45) is 4.26. The molecule has 2 saturated carbocycles.